The number of aryl methyl sites for hydroxylation is 1. The first kappa shape index (κ1) is 21.0. The lowest BCUT2D eigenvalue weighted by molar-refractivity contribution is 0.0555. The fourth-order valence-corrected chi connectivity index (χ4v) is 5.57. The number of rotatable bonds is 5. The smallest absolute Gasteiger partial charge is 0.265 e. The molecule has 0 N–H and O–H groups in total. The van der Waals surface area contributed by atoms with Gasteiger partial charge in [0.05, 0.1) is 11.7 Å². The van der Waals surface area contributed by atoms with E-state index in [1.807, 2.05) is 53.6 Å². The molecule has 1 fully saturated rings. The zero-order valence-corrected chi connectivity index (χ0v) is 19.5. The molecule has 4 heterocycles. The van der Waals surface area contributed by atoms with E-state index in [1.165, 1.54) is 11.3 Å². The molecule has 1 aliphatic rings. The fourth-order valence-electron chi connectivity index (χ4n) is 3.83. The predicted molar refractivity (Wildman–Crippen MR) is 126 cm³/mol. The van der Waals surface area contributed by atoms with Crippen LogP contribution in [0.3, 0.4) is 0 Å². The van der Waals surface area contributed by atoms with Crippen LogP contribution in [-0.4, -0.2) is 57.0 Å². The molecule has 0 bridgehead atoms. The van der Waals surface area contributed by atoms with Gasteiger partial charge in [-0.1, -0.05) is 35.5 Å². The molecule has 164 valence electrons. The van der Waals surface area contributed by atoms with Crippen LogP contribution in [0.15, 0.2) is 51.7 Å². The Bertz CT molecular complexity index is 1190. The molecule has 7 nitrogen and oxygen atoms in total. The van der Waals surface area contributed by atoms with Crippen LogP contribution in [0.5, 0.6) is 0 Å². The van der Waals surface area contributed by atoms with E-state index in [2.05, 4.69) is 32.3 Å². The minimum Gasteiger partial charge on any atom is -0.337 e. The van der Waals surface area contributed by atoms with Gasteiger partial charge in [0.25, 0.3) is 5.91 Å². The maximum Gasteiger partial charge on any atom is 0.265 e. The summed E-state index contributed by atoms with van der Waals surface area (Å²) in [6, 6.07) is 11.8. The second-order valence-electron chi connectivity index (χ2n) is 7.77. The number of carbonyl (C=O) groups excluding carboxylic acids is 1. The minimum absolute atomic E-state index is 0.00690. The fraction of sp³-hybridized carbons (Fsp3) is 0.304. The van der Waals surface area contributed by atoms with Gasteiger partial charge in [-0.2, -0.15) is 16.3 Å². The van der Waals surface area contributed by atoms with E-state index in [1.54, 1.807) is 11.3 Å². The van der Waals surface area contributed by atoms with Crippen LogP contribution in [0, 0.1) is 6.92 Å². The molecule has 0 spiro atoms. The Labute approximate surface area is 194 Å². The molecule has 1 saturated heterocycles. The summed E-state index contributed by atoms with van der Waals surface area (Å²) in [5.74, 6) is 1.27. The lowest BCUT2D eigenvalue weighted by Crippen LogP contribution is -2.49. The van der Waals surface area contributed by atoms with E-state index in [0.29, 0.717) is 24.8 Å². The van der Waals surface area contributed by atoms with Crippen molar-refractivity contribution in [3.8, 4) is 22.0 Å². The number of hydrogen-bond acceptors (Lipinski definition) is 8. The number of thiazole rings is 1. The number of amides is 1. The Morgan fingerprint density at radius 2 is 1.84 bits per heavy atom. The highest BCUT2D eigenvalue weighted by atomic mass is 32.1. The summed E-state index contributed by atoms with van der Waals surface area (Å²) in [6.07, 6.45) is 0. The molecule has 1 aliphatic heterocycles. The maximum absolute atomic E-state index is 13.1. The third-order valence-electron chi connectivity index (χ3n) is 5.74. The highest BCUT2D eigenvalue weighted by Crippen LogP contribution is 2.31. The van der Waals surface area contributed by atoms with E-state index < -0.39 is 0 Å². The normalized spacial score (nSPS) is 15.8. The van der Waals surface area contributed by atoms with Gasteiger partial charge in [-0.15, -0.1) is 11.3 Å². The first-order valence-electron chi connectivity index (χ1n) is 10.5. The largest absolute Gasteiger partial charge is 0.337 e. The van der Waals surface area contributed by atoms with Crippen LogP contribution in [0.4, 0.5) is 0 Å². The Morgan fingerprint density at radius 3 is 2.56 bits per heavy atom. The van der Waals surface area contributed by atoms with Gasteiger partial charge in [-0.25, -0.2) is 4.98 Å². The van der Waals surface area contributed by atoms with Crippen LogP contribution in [0.25, 0.3) is 22.0 Å². The third kappa shape index (κ3) is 4.11. The molecule has 5 rings (SSSR count). The molecule has 3 aromatic heterocycles. The minimum atomic E-state index is -0.00690. The summed E-state index contributed by atoms with van der Waals surface area (Å²) in [4.78, 5) is 27.3. The molecule has 1 unspecified atom stereocenters. The Kier molecular flexibility index (Phi) is 5.86. The first-order valence-corrected chi connectivity index (χ1v) is 12.3. The summed E-state index contributed by atoms with van der Waals surface area (Å²) in [5.41, 5.74) is 2.82. The maximum atomic E-state index is 13.1. The number of benzene rings is 1. The lowest BCUT2D eigenvalue weighted by Gasteiger charge is -2.36. The van der Waals surface area contributed by atoms with Crippen LogP contribution < -0.4 is 0 Å². The molecule has 0 aliphatic carbocycles. The van der Waals surface area contributed by atoms with E-state index in [-0.39, 0.29) is 11.9 Å². The topological polar surface area (TPSA) is 75.4 Å². The van der Waals surface area contributed by atoms with Crippen molar-refractivity contribution in [3.63, 3.8) is 0 Å². The van der Waals surface area contributed by atoms with Gasteiger partial charge in [-0.3, -0.25) is 9.69 Å². The van der Waals surface area contributed by atoms with Crippen molar-refractivity contribution in [3.05, 3.63) is 63.6 Å². The number of thiophene rings is 1. The van der Waals surface area contributed by atoms with Gasteiger partial charge < -0.3 is 9.42 Å². The van der Waals surface area contributed by atoms with Crippen LogP contribution in [0.2, 0.25) is 0 Å². The van der Waals surface area contributed by atoms with Crippen molar-refractivity contribution in [2.24, 2.45) is 0 Å². The number of hydrogen-bond donors (Lipinski definition) is 0. The number of nitrogens with zero attached hydrogens (tertiary/aromatic N) is 5. The van der Waals surface area contributed by atoms with Crippen molar-refractivity contribution in [1.82, 2.24) is 24.9 Å². The predicted octanol–water partition coefficient (Wildman–Crippen LogP) is 4.75. The summed E-state index contributed by atoms with van der Waals surface area (Å²) in [5, 5.41) is 9.13. The Morgan fingerprint density at radius 1 is 1.06 bits per heavy atom. The van der Waals surface area contributed by atoms with Crippen molar-refractivity contribution < 1.29 is 9.32 Å². The second-order valence-corrected chi connectivity index (χ2v) is 9.55. The summed E-state index contributed by atoms with van der Waals surface area (Å²) in [7, 11) is 0. The lowest BCUT2D eigenvalue weighted by atomic mass is 10.2. The molecule has 9 heteroatoms. The van der Waals surface area contributed by atoms with E-state index in [0.717, 1.165) is 39.8 Å². The summed E-state index contributed by atoms with van der Waals surface area (Å²) < 4.78 is 5.54. The van der Waals surface area contributed by atoms with Crippen LogP contribution in [-0.2, 0) is 0 Å². The monoisotopic (exact) mass is 465 g/mol. The van der Waals surface area contributed by atoms with Gasteiger partial charge in [0.1, 0.15) is 9.88 Å². The highest BCUT2D eigenvalue weighted by Gasteiger charge is 2.29. The van der Waals surface area contributed by atoms with Gasteiger partial charge in [0.2, 0.25) is 11.7 Å². The molecule has 1 atom stereocenters. The van der Waals surface area contributed by atoms with E-state index in [4.69, 9.17) is 4.52 Å². The number of aromatic nitrogens is 3. The molecule has 1 amide bonds. The Balaban J connectivity index is 1.23. The molecule has 0 saturated carbocycles. The number of carbonyl (C=O) groups is 1. The molecule has 0 radical (unpaired) electrons. The highest BCUT2D eigenvalue weighted by molar-refractivity contribution is 7.17. The van der Waals surface area contributed by atoms with E-state index >= 15 is 0 Å². The van der Waals surface area contributed by atoms with Crippen LogP contribution in [0.1, 0.15) is 34.2 Å². The van der Waals surface area contributed by atoms with Crippen LogP contribution >= 0.6 is 22.7 Å². The second kappa shape index (κ2) is 8.93. The SMILES string of the molecule is Cc1nc(-c2ccsc2)sc1C(=O)N1CCN(C(C)c2nc(-c3ccccc3)no2)CC1. The van der Waals surface area contributed by atoms with Crippen molar-refractivity contribution in [2.45, 2.75) is 19.9 Å². The van der Waals surface area contributed by atoms with Gasteiger partial charge in [0, 0.05) is 42.7 Å². The van der Waals surface area contributed by atoms with E-state index in [9.17, 15) is 4.79 Å². The van der Waals surface area contributed by atoms with Gasteiger partial charge in [-0.05, 0) is 25.3 Å². The number of piperazine rings is 1. The zero-order chi connectivity index (χ0) is 22.1. The third-order valence-corrected chi connectivity index (χ3v) is 7.62. The quantitative estimate of drug-likeness (QED) is 0.423. The van der Waals surface area contributed by atoms with Crippen molar-refractivity contribution in [2.75, 3.05) is 26.2 Å². The Hall–Kier alpha value is -2.88. The molecular weight excluding hydrogens is 442 g/mol. The summed E-state index contributed by atoms with van der Waals surface area (Å²) >= 11 is 3.12. The average Bonchev–Trinajstić information content (AvgIpc) is 3.59. The summed E-state index contributed by atoms with van der Waals surface area (Å²) in [6.45, 7) is 6.82. The van der Waals surface area contributed by atoms with Gasteiger partial charge in [0.15, 0.2) is 0 Å². The van der Waals surface area contributed by atoms with Crippen molar-refractivity contribution >= 4 is 28.6 Å². The zero-order valence-electron chi connectivity index (χ0n) is 17.9. The van der Waals surface area contributed by atoms with Gasteiger partial charge >= 0.3 is 0 Å². The standard InChI is InChI=1S/C23H23N5O2S2/c1-15-19(32-22(24-15)18-8-13-31-14-18)23(29)28-11-9-27(10-12-28)16(2)21-25-20(26-30-21)17-6-4-3-5-7-17/h3-8,13-14,16H,9-12H2,1-2H3. The van der Waals surface area contributed by atoms with Crippen molar-refractivity contribution in [1.29, 1.82) is 0 Å². The molecule has 4 aromatic rings. The average molecular weight is 466 g/mol. The first-order chi connectivity index (χ1) is 15.6. The molecular formula is C23H23N5O2S2. The molecule has 32 heavy (non-hydrogen) atoms. The molecule has 1 aromatic carbocycles.